The van der Waals surface area contributed by atoms with E-state index >= 15 is 0 Å². The zero-order chi connectivity index (χ0) is 25.4. The van der Waals surface area contributed by atoms with E-state index in [1.807, 2.05) is 0 Å². The Labute approximate surface area is 199 Å². The van der Waals surface area contributed by atoms with Crippen LogP contribution in [-0.2, 0) is 10.0 Å². The third kappa shape index (κ3) is 6.39. The number of non-ortho nitro benzene ring substituents is 1. The van der Waals surface area contributed by atoms with E-state index in [1.54, 1.807) is 30.3 Å². The Morgan fingerprint density at radius 1 is 0.971 bits per heavy atom. The van der Waals surface area contributed by atoms with Crippen LogP contribution in [0, 0.1) is 20.2 Å². The molecule has 3 rings (SSSR count). The number of hydrogen-bond donors (Lipinski definition) is 2. The second-order valence-electron chi connectivity index (χ2n) is 6.84. The Morgan fingerprint density at radius 2 is 1.69 bits per heavy atom. The lowest BCUT2D eigenvalue weighted by molar-refractivity contribution is -0.385. The molecule has 0 aliphatic heterocycles. The maximum Gasteiger partial charge on any atom is 0.276 e. The van der Waals surface area contributed by atoms with E-state index in [4.69, 9.17) is 4.74 Å². The maximum absolute atomic E-state index is 13.0. The Morgan fingerprint density at radius 3 is 2.34 bits per heavy atom. The molecule has 0 aliphatic carbocycles. The van der Waals surface area contributed by atoms with E-state index in [2.05, 4.69) is 15.2 Å². The van der Waals surface area contributed by atoms with Gasteiger partial charge >= 0.3 is 0 Å². The van der Waals surface area contributed by atoms with E-state index < -0.39 is 30.5 Å². The van der Waals surface area contributed by atoms with Crippen molar-refractivity contribution in [3.8, 4) is 5.75 Å². The molecule has 0 saturated heterocycles. The van der Waals surface area contributed by atoms with Crippen molar-refractivity contribution in [2.75, 3.05) is 17.3 Å². The largest absolute Gasteiger partial charge is 0.497 e. The number of ether oxygens (including phenoxy) is 1. The van der Waals surface area contributed by atoms with Crippen LogP contribution in [0.2, 0.25) is 0 Å². The summed E-state index contributed by atoms with van der Waals surface area (Å²) in [5.41, 5.74) is 2.58. The van der Waals surface area contributed by atoms with E-state index in [9.17, 15) is 28.6 Å². The first-order valence-corrected chi connectivity index (χ1v) is 11.3. The summed E-state index contributed by atoms with van der Waals surface area (Å²) in [7, 11) is -2.78. The number of nitrogens with one attached hydrogen (secondary N) is 2. The summed E-state index contributed by atoms with van der Waals surface area (Å²) >= 11 is 0. The number of anilines is 2. The van der Waals surface area contributed by atoms with Crippen molar-refractivity contribution in [3.63, 3.8) is 0 Å². The standard InChI is InChI=1S/C22H19N5O7S/c1-34-19-11-8-17(9-12-19)25-35(32,33)22-15-18(26(28)29)10-13-20(22)24-23-14-4-6-16-5-2-3-7-21(16)27(30)31/h2-15,24-25H,1H3/b6-4+,23-14-. The van der Waals surface area contributed by atoms with Gasteiger partial charge in [-0.2, -0.15) is 5.10 Å². The minimum Gasteiger partial charge on any atom is -0.497 e. The first kappa shape index (κ1) is 24.9. The number of hydrazone groups is 1. The number of hydrogen-bond acceptors (Lipinski definition) is 9. The van der Waals surface area contributed by atoms with Gasteiger partial charge in [0.15, 0.2) is 0 Å². The summed E-state index contributed by atoms with van der Waals surface area (Å²) in [5, 5.41) is 26.2. The fourth-order valence-corrected chi connectivity index (χ4v) is 4.14. The van der Waals surface area contributed by atoms with Crippen LogP contribution >= 0.6 is 0 Å². The Kier molecular flexibility index (Phi) is 7.74. The number of nitro groups is 2. The molecular weight excluding hydrogens is 478 g/mol. The second-order valence-corrected chi connectivity index (χ2v) is 8.49. The minimum absolute atomic E-state index is 0.0213. The summed E-state index contributed by atoms with van der Waals surface area (Å²) in [6, 6.07) is 15.4. The zero-order valence-electron chi connectivity index (χ0n) is 18.2. The second kappa shape index (κ2) is 10.9. The lowest BCUT2D eigenvalue weighted by atomic mass is 10.2. The number of nitrogens with zero attached hydrogens (tertiary/aromatic N) is 3. The molecule has 3 aromatic rings. The third-order valence-corrected chi connectivity index (χ3v) is 5.98. The van der Waals surface area contributed by atoms with Gasteiger partial charge in [-0.3, -0.25) is 30.4 Å². The lowest BCUT2D eigenvalue weighted by Gasteiger charge is -2.12. The normalized spacial score (nSPS) is 11.5. The quantitative estimate of drug-likeness (QED) is 0.236. The van der Waals surface area contributed by atoms with Gasteiger partial charge in [-0.15, -0.1) is 0 Å². The highest BCUT2D eigenvalue weighted by molar-refractivity contribution is 7.92. The van der Waals surface area contributed by atoms with Gasteiger partial charge in [-0.1, -0.05) is 12.1 Å². The van der Waals surface area contributed by atoms with Crippen LogP contribution < -0.4 is 14.9 Å². The van der Waals surface area contributed by atoms with Gasteiger partial charge in [0.05, 0.1) is 28.2 Å². The highest BCUT2D eigenvalue weighted by Gasteiger charge is 2.22. The van der Waals surface area contributed by atoms with Crippen molar-refractivity contribution >= 4 is 45.1 Å². The molecule has 0 saturated carbocycles. The molecule has 12 nitrogen and oxygen atoms in total. The van der Waals surface area contributed by atoms with Crippen LogP contribution in [0.3, 0.4) is 0 Å². The highest BCUT2D eigenvalue weighted by atomic mass is 32.2. The van der Waals surface area contributed by atoms with Gasteiger partial charge in [-0.25, -0.2) is 8.42 Å². The number of sulfonamides is 1. The highest BCUT2D eigenvalue weighted by Crippen LogP contribution is 2.29. The molecule has 2 N–H and O–H groups in total. The van der Waals surface area contributed by atoms with Gasteiger partial charge in [-0.05, 0) is 48.6 Å². The summed E-state index contributed by atoms with van der Waals surface area (Å²) in [4.78, 5) is 20.6. The van der Waals surface area contributed by atoms with Crippen LogP contribution in [0.5, 0.6) is 5.75 Å². The molecule has 3 aromatic carbocycles. The van der Waals surface area contributed by atoms with Crippen LogP contribution in [0.25, 0.3) is 6.08 Å². The molecule has 180 valence electrons. The first-order chi connectivity index (χ1) is 16.7. The topological polar surface area (TPSA) is 166 Å². The molecule has 13 heteroatoms. The smallest absolute Gasteiger partial charge is 0.276 e. The fraction of sp³-hybridized carbons (Fsp3) is 0.0455. The van der Waals surface area contributed by atoms with Crippen LogP contribution in [-0.4, -0.2) is 31.6 Å². The lowest BCUT2D eigenvalue weighted by Crippen LogP contribution is -2.15. The van der Waals surface area contributed by atoms with Crippen molar-refractivity contribution in [3.05, 3.63) is 98.6 Å². The number of nitro benzene ring substituents is 2. The molecule has 0 fully saturated rings. The van der Waals surface area contributed by atoms with Gasteiger partial charge in [0.1, 0.15) is 10.6 Å². The number of allylic oxidation sites excluding steroid dienone is 1. The van der Waals surface area contributed by atoms with E-state index in [1.165, 1.54) is 49.7 Å². The molecule has 35 heavy (non-hydrogen) atoms. The summed E-state index contributed by atoms with van der Waals surface area (Å²) in [6.45, 7) is 0. The SMILES string of the molecule is COc1ccc(NS(=O)(=O)c2cc([N+](=O)[O-])ccc2N/N=C\C=C\c2ccccc2[N+](=O)[O-])cc1. The summed E-state index contributed by atoms with van der Waals surface area (Å²) < 4.78 is 33.4. The molecule has 0 aliphatic rings. The Hall–Kier alpha value is -4.78. The number of benzene rings is 3. The average Bonchev–Trinajstić information content (AvgIpc) is 2.84. The predicted octanol–water partition coefficient (Wildman–Crippen LogP) is 4.42. The molecule has 0 unspecified atom stereocenters. The van der Waals surface area contributed by atoms with Crippen molar-refractivity contribution in [1.82, 2.24) is 0 Å². The number of rotatable bonds is 10. The van der Waals surface area contributed by atoms with E-state index in [0.717, 1.165) is 12.1 Å². The van der Waals surface area contributed by atoms with Crippen LogP contribution in [0.4, 0.5) is 22.7 Å². The van der Waals surface area contributed by atoms with Gasteiger partial charge in [0.2, 0.25) is 0 Å². The van der Waals surface area contributed by atoms with Gasteiger partial charge in [0.25, 0.3) is 21.4 Å². The number of methoxy groups -OCH3 is 1. The molecule has 0 radical (unpaired) electrons. The van der Waals surface area contributed by atoms with E-state index in [0.29, 0.717) is 11.3 Å². The first-order valence-electron chi connectivity index (χ1n) is 9.86. The van der Waals surface area contributed by atoms with Gasteiger partial charge < -0.3 is 4.74 Å². The van der Waals surface area contributed by atoms with Crippen molar-refractivity contribution in [2.45, 2.75) is 4.90 Å². The third-order valence-electron chi connectivity index (χ3n) is 4.56. The maximum atomic E-state index is 13.0. The minimum atomic E-state index is -4.25. The molecule has 0 aromatic heterocycles. The Balaban J connectivity index is 1.84. The molecule has 0 heterocycles. The average molecular weight is 497 g/mol. The summed E-state index contributed by atoms with van der Waals surface area (Å²) in [6.07, 6.45) is 4.14. The fourth-order valence-electron chi connectivity index (χ4n) is 2.90. The summed E-state index contributed by atoms with van der Waals surface area (Å²) in [5.74, 6) is 0.522. The molecule has 0 amide bonds. The molecule has 0 bridgehead atoms. The monoisotopic (exact) mass is 497 g/mol. The zero-order valence-corrected chi connectivity index (χ0v) is 19.0. The van der Waals surface area contributed by atoms with Crippen molar-refractivity contribution in [1.29, 1.82) is 0 Å². The molecule has 0 atom stereocenters. The van der Waals surface area contributed by atoms with E-state index in [-0.39, 0.29) is 17.1 Å². The Bertz CT molecular complexity index is 1400. The number of para-hydroxylation sites is 1. The van der Waals surface area contributed by atoms with Crippen molar-refractivity contribution in [2.24, 2.45) is 5.10 Å². The molecular formula is C22H19N5O7S. The van der Waals surface area contributed by atoms with Crippen LogP contribution in [0.15, 0.2) is 82.8 Å². The van der Waals surface area contributed by atoms with Crippen LogP contribution in [0.1, 0.15) is 5.56 Å². The van der Waals surface area contributed by atoms with Crippen molar-refractivity contribution < 1.29 is 23.0 Å². The molecule has 0 spiro atoms. The van der Waals surface area contributed by atoms with Gasteiger partial charge in [0, 0.05) is 30.1 Å². The predicted molar refractivity (Wildman–Crippen MR) is 131 cm³/mol.